The van der Waals surface area contributed by atoms with Crippen LogP contribution in [0.2, 0.25) is 0 Å². The third-order valence-corrected chi connectivity index (χ3v) is 11.3. The first-order valence-corrected chi connectivity index (χ1v) is 27.8. The Morgan fingerprint density at radius 3 is 1.09 bits per heavy atom. The molecule has 0 saturated carbocycles. The van der Waals surface area contributed by atoms with Crippen LogP contribution in [0.5, 0.6) is 0 Å². The number of allylic oxidation sites excluding steroid dienone is 22. The van der Waals surface area contributed by atoms with E-state index in [9.17, 15) is 14.4 Å². The Morgan fingerprint density at radius 2 is 0.638 bits per heavy atom. The highest BCUT2D eigenvalue weighted by Gasteiger charge is 2.19. The first-order chi connectivity index (χ1) is 34.0. The van der Waals surface area contributed by atoms with E-state index in [2.05, 4.69) is 93.7 Å². The van der Waals surface area contributed by atoms with Crippen LogP contribution in [-0.2, 0) is 28.6 Å². The lowest BCUT2D eigenvalue weighted by molar-refractivity contribution is -0.167. The average molecular weight is 953 g/mol. The molecule has 6 nitrogen and oxygen atoms in total. The Kier molecular flexibility index (Phi) is 52.5. The van der Waals surface area contributed by atoms with E-state index in [4.69, 9.17) is 14.2 Å². The van der Waals surface area contributed by atoms with Gasteiger partial charge in [0.05, 0.1) is 0 Å². The maximum absolute atomic E-state index is 12.8. The highest BCUT2D eigenvalue weighted by molar-refractivity contribution is 5.71. The molecule has 0 heterocycles. The fraction of sp³-hybridized carbons (Fsp3) is 0.603. The fourth-order valence-corrected chi connectivity index (χ4v) is 7.18. The van der Waals surface area contributed by atoms with Gasteiger partial charge in [0.15, 0.2) is 6.10 Å². The lowest BCUT2D eigenvalue weighted by atomic mass is 10.1. The minimum absolute atomic E-state index is 0.113. The molecule has 0 radical (unpaired) electrons. The van der Waals surface area contributed by atoms with Gasteiger partial charge in [0.1, 0.15) is 13.2 Å². The zero-order valence-electron chi connectivity index (χ0n) is 44.3. The second kappa shape index (κ2) is 56.1. The average Bonchev–Trinajstić information content (AvgIpc) is 3.35. The van der Waals surface area contributed by atoms with Gasteiger partial charge in [-0.3, -0.25) is 14.4 Å². The molecule has 0 spiro atoms. The summed E-state index contributed by atoms with van der Waals surface area (Å²) in [5.74, 6) is -0.989. The number of ether oxygens (including phenoxy) is 3. The molecule has 0 bridgehead atoms. The summed E-state index contributed by atoms with van der Waals surface area (Å²) in [5.41, 5.74) is 0. The summed E-state index contributed by atoms with van der Waals surface area (Å²) >= 11 is 0. The molecule has 388 valence electrons. The van der Waals surface area contributed by atoms with Crippen LogP contribution < -0.4 is 0 Å². The van der Waals surface area contributed by atoms with E-state index >= 15 is 0 Å². The number of hydrogen-bond acceptors (Lipinski definition) is 6. The second-order valence-corrected chi connectivity index (χ2v) is 17.9. The van der Waals surface area contributed by atoms with Crippen LogP contribution in [0.25, 0.3) is 0 Å². The molecular formula is C63H100O6. The first-order valence-electron chi connectivity index (χ1n) is 27.8. The summed E-state index contributed by atoms with van der Waals surface area (Å²) < 4.78 is 16.8. The van der Waals surface area contributed by atoms with Crippen molar-refractivity contribution >= 4 is 17.9 Å². The summed E-state index contributed by atoms with van der Waals surface area (Å²) in [6.07, 6.45) is 78.6. The molecule has 0 aromatic carbocycles. The standard InChI is InChI=1S/C63H100O6/c1-4-7-10-13-16-19-22-25-28-31-33-35-38-41-44-47-50-53-56-62(65)68-59-60(58-67-61(64)55-52-49-46-43-40-37-34-30-27-24-21-18-15-12-9-6-3)69-63(66)57-54-51-48-45-42-39-36-32-29-26-23-20-17-14-11-8-5-2/h8-9,11-12,14,17-18,20-21,23,26-33,35-36,39,42,60H,4-7,10,13,15-16,19,22,24-25,34,37-38,40-41,43-59H2,1-3H3/b11-8-,12-9-,17-14-,21-18-,23-20-,29-26-,30-27-,31-28-,35-33-,36-32+,42-39-. The molecule has 0 aliphatic rings. The van der Waals surface area contributed by atoms with Crippen molar-refractivity contribution in [1.82, 2.24) is 0 Å². The van der Waals surface area contributed by atoms with Crippen LogP contribution in [-0.4, -0.2) is 37.2 Å². The number of unbranched alkanes of at least 4 members (excludes halogenated alkanes) is 21. The third kappa shape index (κ3) is 54.4. The summed E-state index contributed by atoms with van der Waals surface area (Å²) in [5, 5.41) is 0. The van der Waals surface area contributed by atoms with Crippen LogP contribution in [0.1, 0.15) is 226 Å². The van der Waals surface area contributed by atoms with Crippen molar-refractivity contribution in [3.05, 3.63) is 134 Å². The Morgan fingerprint density at radius 1 is 0.319 bits per heavy atom. The predicted octanol–water partition coefficient (Wildman–Crippen LogP) is 18.6. The first kappa shape index (κ1) is 64.5. The zero-order valence-corrected chi connectivity index (χ0v) is 44.3. The van der Waals surface area contributed by atoms with Crippen molar-refractivity contribution in [3.8, 4) is 0 Å². The summed E-state index contributed by atoms with van der Waals surface area (Å²) in [6.45, 7) is 6.31. The highest BCUT2D eigenvalue weighted by atomic mass is 16.6. The van der Waals surface area contributed by atoms with Crippen molar-refractivity contribution in [2.75, 3.05) is 13.2 Å². The number of hydrogen-bond donors (Lipinski definition) is 0. The van der Waals surface area contributed by atoms with E-state index in [0.29, 0.717) is 19.3 Å². The van der Waals surface area contributed by atoms with E-state index in [1.807, 2.05) is 60.8 Å². The summed E-state index contributed by atoms with van der Waals surface area (Å²) in [6, 6.07) is 0. The molecular weight excluding hydrogens is 853 g/mol. The quantitative estimate of drug-likeness (QED) is 0.0199. The molecule has 0 fully saturated rings. The van der Waals surface area contributed by atoms with Gasteiger partial charge < -0.3 is 14.2 Å². The van der Waals surface area contributed by atoms with Gasteiger partial charge in [0.2, 0.25) is 0 Å². The Hall–Kier alpha value is -4.45. The molecule has 6 heteroatoms. The van der Waals surface area contributed by atoms with Crippen molar-refractivity contribution in [2.24, 2.45) is 0 Å². The van der Waals surface area contributed by atoms with E-state index in [1.165, 1.54) is 64.2 Å². The van der Waals surface area contributed by atoms with Gasteiger partial charge in [-0.1, -0.05) is 244 Å². The van der Waals surface area contributed by atoms with Crippen LogP contribution in [0.4, 0.5) is 0 Å². The molecule has 0 aliphatic heterocycles. The summed E-state index contributed by atoms with van der Waals surface area (Å²) in [4.78, 5) is 38.1. The molecule has 0 saturated heterocycles. The van der Waals surface area contributed by atoms with Gasteiger partial charge in [0.25, 0.3) is 0 Å². The normalized spacial score (nSPS) is 13.1. The SMILES string of the molecule is CC\C=C/C=C\C=C/C=C\C=C\C=C/CCCCCC(=O)OC(COC(=O)CCCCCCC/C=C\C=C/CCCCCCCCC)COC(=O)CCCCCCCC/C=C\C/C=C\C/C=C\CC. The maximum atomic E-state index is 12.8. The van der Waals surface area contributed by atoms with E-state index < -0.39 is 6.10 Å². The Labute approximate surface area is 424 Å². The molecule has 69 heavy (non-hydrogen) atoms. The van der Waals surface area contributed by atoms with E-state index in [1.54, 1.807) is 0 Å². The van der Waals surface area contributed by atoms with E-state index in [0.717, 1.165) is 116 Å². The van der Waals surface area contributed by atoms with Crippen molar-refractivity contribution < 1.29 is 28.6 Å². The molecule has 1 atom stereocenters. The molecule has 1 unspecified atom stereocenters. The van der Waals surface area contributed by atoms with Crippen molar-refractivity contribution in [3.63, 3.8) is 0 Å². The van der Waals surface area contributed by atoms with Gasteiger partial charge in [-0.25, -0.2) is 0 Å². The van der Waals surface area contributed by atoms with Gasteiger partial charge >= 0.3 is 17.9 Å². The van der Waals surface area contributed by atoms with Crippen molar-refractivity contribution in [2.45, 2.75) is 232 Å². The smallest absolute Gasteiger partial charge is 0.306 e. The number of carbonyl (C=O) groups is 3. The summed E-state index contributed by atoms with van der Waals surface area (Å²) in [7, 11) is 0. The Bertz CT molecular complexity index is 1510. The minimum Gasteiger partial charge on any atom is -0.462 e. The van der Waals surface area contributed by atoms with Gasteiger partial charge in [-0.2, -0.15) is 0 Å². The topological polar surface area (TPSA) is 78.9 Å². The number of carbonyl (C=O) groups excluding carboxylic acids is 3. The molecule has 0 amide bonds. The van der Waals surface area contributed by atoms with Gasteiger partial charge in [-0.05, 0) is 96.3 Å². The van der Waals surface area contributed by atoms with Crippen LogP contribution >= 0.6 is 0 Å². The molecule has 0 rings (SSSR count). The highest BCUT2D eigenvalue weighted by Crippen LogP contribution is 2.13. The van der Waals surface area contributed by atoms with Crippen LogP contribution in [0.15, 0.2) is 134 Å². The van der Waals surface area contributed by atoms with Crippen LogP contribution in [0, 0.1) is 0 Å². The predicted molar refractivity (Wildman–Crippen MR) is 297 cm³/mol. The zero-order chi connectivity index (χ0) is 50.0. The number of esters is 3. The molecule has 0 aliphatic carbocycles. The Balaban J connectivity index is 4.55. The lowest BCUT2D eigenvalue weighted by Crippen LogP contribution is -2.30. The molecule has 0 N–H and O–H groups in total. The van der Waals surface area contributed by atoms with Gasteiger partial charge in [0, 0.05) is 19.3 Å². The minimum atomic E-state index is -0.819. The number of rotatable bonds is 48. The fourth-order valence-electron chi connectivity index (χ4n) is 7.18. The molecule has 0 aromatic heterocycles. The second-order valence-electron chi connectivity index (χ2n) is 17.9. The maximum Gasteiger partial charge on any atom is 0.306 e. The molecule has 0 aromatic rings. The monoisotopic (exact) mass is 953 g/mol. The lowest BCUT2D eigenvalue weighted by Gasteiger charge is -2.18. The van der Waals surface area contributed by atoms with E-state index in [-0.39, 0.29) is 37.5 Å². The third-order valence-electron chi connectivity index (χ3n) is 11.3. The largest absolute Gasteiger partial charge is 0.462 e. The van der Waals surface area contributed by atoms with Crippen molar-refractivity contribution in [1.29, 1.82) is 0 Å². The van der Waals surface area contributed by atoms with Gasteiger partial charge in [-0.15, -0.1) is 0 Å². The van der Waals surface area contributed by atoms with Crippen LogP contribution in [0.3, 0.4) is 0 Å².